The number of rotatable bonds is 1. The van der Waals surface area contributed by atoms with E-state index < -0.39 is 0 Å². The first-order valence-corrected chi connectivity index (χ1v) is 6.71. The molecule has 5 heteroatoms. The van der Waals surface area contributed by atoms with E-state index in [9.17, 15) is 4.79 Å². The van der Waals surface area contributed by atoms with E-state index in [2.05, 4.69) is 16.7 Å². The van der Waals surface area contributed by atoms with E-state index in [1.165, 1.54) is 5.56 Å². The Morgan fingerprint density at radius 2 is 1.89 bits per heavy atom. The number of fused-ring (bicyclic) bond motifs is 1. The van der Waals surface area contributed by atoms with Gasteiger partial charge in [0, 0.05) is 18.3 Å². The van der Waals surface area contributed by atoms with Crippen molar-refractivity contribution in [3.05, 3.63) is 29.8 Å². The first kappa shape index (κ1) is 14.2. The van der Waals surface area contributed by atoms with E-state index in [-0.39, 0.29) is 18.4 Å². The fraction of sp³-hybridized carbons (Fsp3) is 0.500. The zero-order valence-electron chi connectivity index (χ0n) is 10.9. The molecule has 1 aromatic carbocycles. The quantitative estimate of drug-likeness (QED) is 0.829. The third-order valence-electron chi connectivity index (χ3n) is 3.89. The SMILES string of the molecule is Cl.O=C1Nc2ccccc2CCN1C1CCNCC1. The Hall–Kier alpha value is -1.26. The van der Waals surface area contributed by atoms with Crippen LogP contribution in [0, 0.1) is 0 Å². The van der Waals surface area contributed by atoms with Gasteiger partial charge in [0.05, 0.1) is 0 Å². The molecule has 19 heavy (non-hydrogen) atoms. The van der Waals surface area contributed by atoms with E-state index in [0.717, 1.165) is 44.6 Å². The molecule has 1 fully saturated rings. The highest BCUT2D eigenvalue weighted by Crippen LogP contribution is 2.22. The Labute approximate surface area is 120 Å². The summed E-state index contributed by atoms with van der Waals surface area (Å²) in [4.78, 5) is 14.3. The highest BCUT2D eigenvalue weighted by atomic mass is 35.5. The number of halogens is 1. The van der Waals surface area contributed by atoms with Crippen LogP contribution in [0.5, 0.6) is 0 Å². The van der Waals surface area contributed by atoms with Gasteiger partial charge in [-0.1, -0.05) is 18.2 Å². The minimum atomic E-state index is 0. The maximum atomic E-state index is 12.3. The Morgan fingerprint density at radius 3 is 2.68 bits per heavy atom. The molecule has 2 aliphatic heterocycles. The minimum absolute atomic E-state index is 0. The van der Waals surface area contributed by atoms with Crippen LogP contribution in [-0.4, -0.2) is 36.6 Å². The molecule has 2 N–H and O–H groups in total. The molecule has 2 aliphatic rings. The van der Waals surface area contributed by atoms with Crippen LogP contribution in [0.15, 0.2) is 24.3 Å². The molecule has 2 heterocycles. The average Bonchev–Trinajstić information content (AvgIpc) is 2.58. The van der Waals surface area contributed by atoms with Crippen molar-refractivity contribution in [1.29, 1.82) is 0 Å². The van der Waals surface area contributed by atoms with Gasteiger partial charge >= 0.3 is 6.03 Å². The third kappa shape index (κ3) is 3.01. The number of amides is 2. The van der Waals surface area contributed by atoms with E-state index >= 15 is 0 Å². The highest BCUT2D eigenvalue weighted by molar-refractivity contribution is 5.91. The second-order valence-electron chi connectivity index (χ2n) is 5.01. The Kier molecular flexibility index (Phi) is 4.66. The number of carbonyl (C=O) groups is 1. The molecule has 0 radical (unpaired) electrons. The lowest BCUT2D eigenvalue weighted by Gasteiger charge is -2.33. The van der Waals surface area contributed by atoms with Gasteiger partial charge in [-0.3, -0.25) is 0 Å². The molecule has 0 aromatic heterocycles. The van der Waals surface area contributed by atoms with Crippen molar-refractivity contribution in [2.45, 2.75) is 25.3 Å². The van der Waals surface area contributed by atoms with Crippen LogP contribution in [0.25, 0.3) is 0 Å². The van der Waals surface area contributed by atoms with Crippen LogP contribution in [0.3, 0.4) is 0 Å². The largest absolute Gasteiger partial charge is 0.322 e. The minimum Gasteiger partial charge on any atom is -0.321 e. The number of hydrogen-bond donors (Lipinski definition) is 2. The number of nitrogens with one attached hydrogen (secondary N) is 2. The smallest absolute Gasteiger partial charge is 0.321 e. The number of hydrogen-bond acceptors (Lipinski definition) is 2. The molecular weight excluding hydrogens is 262 g/mol. The number of carbonyl (C=O) groups excluding carboxylic acids is 1. The summed E-state index contributed by atoms with van der Waals surface area (Å²) in [6.45, 7) is 2.86. The summed E-state index contributed by atoms with van der Waals surface area (Å²) in [5.74, 6) is 0. The third-order valence-corrected chi connectivity index (χ3v) is 3.89. The van der Waals surface area contributed by atoms with E-state index in [1.807, 2.05) is 23.1 Å². The van der Waals surface area contributed by atoms with E-state index in [4.69, 9.17) is 0 Å². The summed E-state index contributed by atoms with van der Waals surface area (Å²) in [6, 6.07) is 8.54. The van der Waals surface area contributed by atoms with Crippen molar-refractivity contribution in [2.24, 2.45) is 0 Å². The summed E-state index contributed by atoms with van der Waals surface area (Å²) in [7, 11) is 0. The van der Waals surface area contributed by atoms with Crippen LogP contribution in [0.4, 0.5) is 10.5 Å². The first-order valence-electron chi connectivity index (χ1n) is 6.71. The van der Waals surface area contributed by atoms with Crippen molar-refractivity contribution in [1.82, 2.24) is 10.2 Å². The van der Waals surface area contributed by atoms with Crippen molar-refractivity contribution >= 4 is 24.1 Å². The van der Waals surface area contributed by atoms with E-state index in [0.29, 0.717) is 6.04 Å². The maximum Gasteiger partial charge on any atom is 0.322 e. The molecule has 2 amide bonds. The fourth-order valence-electron chi connectivity index (χ4n) is 2.86. The van der Waals surface area contributed by atoms with Crippen molar-refractivity contribution in [3.63, 3.8) is 0 Å². The van der Waals surface area contributed by atoms with Gasteiger partial charge in [-0.25, -0.2) is 4.79 Å². The van der Waals surface area contributed by atoms with Crippen LogP contribution in [-0.2, 0) is 6.42 Å². The van der Waals surface area contributed by atoms with Crippen molar-refractivity contribution in [2.75, 3.05) is 25.0 Å². The molecule has 0 aliphatic carbocycles. The van der Waals surface area contributed by atoms with Gasteiger partial charge in [0.2, 0.25) is 0 Å². The van der Waals surface area contributed by atoms with Gasteiger partial charge in [0.1, 0.15) is 0 Å². The standard InChI is InChI=1S/C14H19N3O.ClH/c18-14-16-13-4-2-1-3-11(13)7-10-17(14)12-5-8-15-9-6-12;/h1-4,12,15H,5-10H2,(H,16,18);1H. The second-order valence-corrected chi connectivity index (χ2v) is 5.01. The molecule has 1 saturated heterocycles. The van der Waals surface area contributed by atoms with Crippen LogP contribution >= 0.6 is 12.4 Å². The zero-order chi connectivity index (χ0) is 12.4. The van der Waals surface area contributed by atoms with Gasteiger partial charge in [-0.05, 0) is 44.0 Å². The second kappa shape index (κ2) is 6.26. The highest BCUT2D eigenvalue weighted by Gasteiger charge is 2.27. The Balaban J connectivity index is 0.00000133. The normalized spacial score (nSPS) is 20.0. The summed E-state index contributed by atoms with van der Waals surface area (Å²) < 4.78 is 0. The predicted molar refractivity (Wildman–Crippen MR) is 79.0 cm³/mol. The predicted octanol–water partition coefficient (Wildman–Crippen LogP) is 2.25. The lowest BCUT2D eigenvalue weighted by molar-refractivity contribution is 0.173. The first-order chi connectivity index (χ1) is 8.84. The summed E-state index contributed by atoms with van der Waals surface area (Å²) in [5, 5.41) is 6.38. The van der Waals surface area contributed by atoms with Gasteiger partial charge in [0.25, 0.3) is 0 Å². The summed E-state index contributed by atoms with van der Waals surface area (Å²) >= 11 is 0. The fourth-order valence-corrected chi connectivity index (χ4v) is 2.86. The number of anilines is 1. The summed E-state index contributed by atoms with van der Waals surface area (Å²) in [5.41, 5.74) is 2.21. The van der Waals surface area contributed by atoms with Crippen molar-refractivity contribution < 1.29 is 4.79 Å². The van der Waals surface area contributed by atoms with Gasteiger partial charge in [-0.2, -0.15) is 0 Å². The number of piperidine rings is 1. The van der Waals surface area contributed by atoms with Crippen molar-refractivity contribution in [3.8, 4) is 0 Å². The molecule has 0 unspecified atom stereocenters. The van der Waals surface area contributed by atoms with Crippen LogP contribution in [0.2, 0.25) is 0 Å². The number of benzene rings is 1. The molecule has 0 spiro atoms. The molecule has 3 rings (SSSR count). The van der Waals surface area contributed by atoms with Gasteiger partial charge in [0.15, 0.2) is 0 Å². The molecular formula is C14H20ClN3O. The average molecular weight is 282 g/mol. The zero-order valence-corrected chi connectivity index (χ0v) is 11.7. The molecule has 104 valence electrons. The molecule has 1 aromatic rings. The monoisotopic (exact) mass is 281 g/mol. The topological polar surface area (TPSA) is 44.4 Å². The Bertz CT molecular complexity index is 446. The lowest BCUT2D eigenvalue weighted by Crippen LogP contribution is -2.47. The lowest BCUT2D eigenvalue weighted by atomic mass is 10.0. The maximum absolute atomic E-state index is 12.3. The Morgan fingerprint density at radius 1 is 1.16 bits per heavy atom. The number of para-hydroxylation sites is 1. The molecule has 0 saturated carbocycles. The van der Waals surface area contributed by atoms with Crippen LogP contribution in [0.1, 0.15) is 18.4 Å². The summed E-state index contributed by atoms with van der Waals surface area (Å²) in [6.07, 6.45) is 3.06. The molecule has 0 atom stereocenters. The molecule has 4 nitrogen and oxygen atoms in total. The number of nitrogens with zero attached hydrogens (tertiary/aromatic N) is 1. The molecule has 0 bridgehead atoms. The van der Waals surface area contributed by atoms with E-state index in [1.54, 1.807) is 0 Å². The van der Waals surface area contributed by atoms with Gasteiger partial charge in [-0.15, -0.1) is 12.4 Å². The van der Waals surface area contributed by atoms with Gasteiger partial charge < -0.3 is 15.5 Å². The van der Waals surface area contributed by atoms with Crippen LogP contribution < -0.4 is 10.6 Å². The number of urea groups is 1.